The Morgan fingerprint density at radius 3 is 2.71 bits per heavy atom. The highest BCUT2D eigenvalue weighted by Gasteiger charge is 2.04. The van der Waals surface area contributed by atoms with Gasteiger partial charge in [0.05, 0.1) is 5.75 Å². The molecule has 6 heteroatoms. The van der Waals surface area contributed by atoms with Gasteiger partial charge in [-0.05, 0) is 11.6 Å². The number of sulfone groups is 1. The molecule has 0 spiro atoms. The molecule has 0 fully saturated rings. The number of hydrogen-bond donors (Lipinski definition) is 1. The molecule has 0 aliphatic rings. The fourth-order valence-corrected chi connectivity index (χ4v) is 3.52. The van der Waals surface area contributed by atoms with Crippen molar-refractivity contribution in [3.63, 3.8) is 0 Å². The molecule has 0 aromatic heterocycles. The summed E-state index contributed by atoms with van der Waals surface area (Å²) in [6.07, 6.45) is 1.22. The standard InChI is InChI=1S/C11H16FNO2S2/c1-17(14,15)5-4-16-8-9-2-3-11(12)10(6-9)7-13/h2-3,6H,4-5,7-8,13H2,1H3. The minimum Gasteiger partial charge on any atom is -0.326 e. The fraction of sp³-hybridized carbons (Fsp3) is 0.455. The number of halogens is 1. The van der Waals surface area contributed by atoms with Gasteiger partial charge in [-0.25, -0.2) is 12.8 Å². The Hall–Kier alpha value is -0.590. The molecule has 2 N–H and O–H groups in total. The van der Waals surface area contributed by atoms with E-state index in [0.717, 1.165) is 5.56 Å². The second-order valence-electron chi connectivity index (χ2n) is 3.81. The van der Waals surface area contributed by atoms with Crippen LogP contribution in [0.15, 0.2) is 18.2 Å². The third-order valence-corrected chi connectivity index (χ3v) is 4.43. The Morgan fingerprint density at radius 1 is 1.41 bits per heavy atom. The van der Waals surface area contributed by atoms with Gasteiger partial charge in [0.2, 0.25) is 0 Å². The summed E-state index contributed by atoms with van der Waals surface area (Å²) in [4.78, 5) is 0. The number of rotatable bonds is 6. The topological polar surface area (TPSA) is 60.2 Å². The van der Waals surface area contributed by atoms with Crippen molar-refractivity contribution in [2.24, 2.45) is 5.73 Å². The average molecular weight is 277 g/mol. The largest absolute Gasteiger partial charge is 0.326 e. The van der Waals surface area contributed by atoms with E-state index in [0.29, 0.717) is 17.1 Å². The molecule has 0 aliphatic carbocycles. The molecular weight excluding hydrogens is 261 g/mol. The number of thioether (sulfide) groups is 1. The molecule has 0 saturated carbocycles. The van der Waals surface area contributed by atoms with Crippen molar-refractivity contribution in [1.82, 2.24) is 0 Å². The Bertz CT molecular complexity index is 474. The highest BCUT2D eigenvalue weighted by molar-refractivity contribution is 7.99. The summed E-state index contributed by atoms with van der Waals surface area (Å²) in [7, 11) is -2.90. The van der Waals surface area contributed by atoms with Gasteiger partial charge in [-0.15, -0.1) is 0 Å². The third kappa shape index (κ3) is 5.52. The van der Waals surface area contributed by atoms with Gasteiger partial charge < -0.3 is 5.73 Å². The fourth-order valence-electron chi connectivity index (χ4n) is 1.27. The minimum absolute atomic E-state index is 0.169. The maximum absolute atomic E-state index is 13.1. The maximum atomic E-state index is 13.1. The van der Waals surface area contributed by atoms with Crippen molar-refractivity contribution in [3.8, 4) is 0 Å². The molecule has 0 aliphatic heterocycles. The van der Waals surface area contributed by atoms with E-state index in [1.807, 2.05) is 0 Å². The third-order valence-electron chi connectivity index (χ3n) is 2.20. The van der Waals surface area contributed by atoms with Crippen LogP contribution in [-0.4, -0.2) is 26.2 Å². The van der Waals surface area contributed by atoms with Crippen molar-refractivity contribution >= 4 is 21.6 Å². The predicted molar refractivity (Wildman–Crippen MR) is 70.2 cm³/mol. The summed E-state index contributed by atoms with van der Waals surface area (Å²) in [6.45, 7) is 0.174. The molecule has 17 heavy (non-hydrogen) atoms. The van der Waals surface area contributed by atoms with Crippen molar-refractivity contribution in [3.05, 3.63) is 35.1 Å². The lowest BCUT2D eigenvalue weighted by atomic mass is 10.1. The van der Waals surface area contributed by atoms with Crippen LogP contribution >= 0.6 is 11.8 Å². The summed E-state index contributed by atoms with van der Waals surface area (Å²) in [6, 6.07) is 4.82. The lowest BCUT2D eigenvalue weighted by Gasteiger charge is -2.05. The summed E-state index contributed by atoms with van der Waals surface area (Å²) in [5.41, 5.74) is 6.86. The highest BCUT2D eigenvalue weighted by atomic mass is 32.2. The van der Waals surface area contributed by atoms with Crippen LogP contribution in [0.2, 0.25) is 0 Å². The van der Waals surface area contributed by atoms with Crippen LogP contribution in [0.5, 0.6) is 0 Å². The number of benzene rings is 1. The van der Waals surface area contributed by atoms with Gasteiger partial charge in [0.1, 0.15) is 15.7 Å². The number of nitrogens with two attached hydrogens (primary N) is 1. The molecule has 1 aromatic carbocycles. The molecule has 0 atom stereocenters. The van der Waals surface area contributed by atoms with Gasteiger partial charge in [-0.3, -0.25) is 0 Å². The number of hydrogen-bond acceptors (Lipinski definition) is 4. The Balaban J connectivity index is 2.47. The molecular formula is C11H16FNO2S2. The molecule has 0 saturated heterocycles. The molecule has 3 nitrogen and oxygen atoms in total. The predicted octanol–water partition coefficient (Wildman–Crippen LogP) is 1.56. The molecule has 0 heterocycles. The van der Waals surface area contributed by atoms with Crippen LogP contribution in [0.4, 0.5) is 4.39 Å². The summed E-state index contributed by atoms with van der Waals surface area (Å²) >= 11 is 1.52. The highest BCUT2D eigenvalue weighted by Crippen LogP contribution is 2.16. The summed E-state index contributed by atoms with van der Waals surface area (Å²) in [5.74, 6) is 1.09. The molecule has 0 radical (unpaired) electrons. The van der Waals surface area contributed by atoms with Crippen molar-refractivity contribution in [2.75, 3.05) is 17.8 Å². The second-order valence-corrected chi connectivity index (χ2v) is 7.18. The molecule has 0 unspecified atom stereocenters. The van der Waals surface area contributed by atoms with Gasteiger partial charge in [0.25, 0.3) is 0 Å². The SMILES string of the molecule is CS(=O)(=O)CCSCc1ccc(F)c(CN)c1. The zero-order valence-corrected chi connectivity index (χ0v) is 11.3. The lowest BCUT2D eigenvalue weighted by Crippen LogP contribution is -2.05. The zero-order valence-electron chi connectivity index (χ0n) is 9.65. The van der Waals surface area contributed by atoms with Crippen LogP contribution in [0.25, 0.3) is 0 Å². The zero-order chi connectivity index (χ0) is 12.9. The molecule has 0 amide bonds. The quantitative estimate of drug-likeness (QED) is 0.802. The minimum atomic E-state index is -2.90. The van der Waals surface area contributed by atoms with E-state index in [4.69, 9.17) is 5.73 Å². The van der Waals surface area contributed by atoms with Crippen LogP contribution in [0, 0.1) is 5.82 Å². The maximum Gasteiger partial charge on any atom is 0.148 e. The van der Waals surface area contributed by atoms with E-state index in [1.54, 1.807) is 12.1 Å². The van der Waals surface area contributed by atoms with Gasteiger partial charge >= 0.3 is 0 Å². The van der Waals surface area contributed by atoms with E-state index in [1.165, 1.54) is 24.1 Å². The van der Waals surface area contributed by atoms with E-state index in [2.05, 4.69) is 0 Å². The van der Waals surface area contributed by atoms with E-state index in [-0.39, 0.29) is 18.1 Å². The van der Waals surface area contributed by atoms with E-state index in [9.17, 15) is 12.8 Å². The first kappa shape index (κ1) is 14.5. The first-order valence-corrected chi connectivity index (χ1v) is 8.37. The Labute approximate surface area is 106 Å². The van der Waals surface area contributed by atoms with Crippen LogP contribution in [0.1, 0.15) is 11.1 Å². The average Bonchev–Trinajstić information content (AvgIpc) is 2.25. The van der Waals surface area contributed by atoms with Gasteiger partial charge in [-0.2, -0.15) is 11.8 Å². The molecule has 96 valence electrons. The molecule has 1 rings (SSSR count). The molecule has 1 aromatic rings. The van der Waals surface area contributed by atoms with Crippen molar-refractivity contribution in [2.45, 2.75) is 12.3 Å². The van der Waals surface area contributed by atoms with Crippen LogP contribution < -0.4 is 5.73 Å². The van der Waals surface area contributed by atoms with E-state index < -0.39 is 9.84 Å². The second kappa shape index (κ2) is 6.37. The Kier molecular flexibility index (Phi) is 5.42. The lowest BCUT2D eigenvalue weighted by molar-refractivity contribution is 0.603. The van der Waals surface area contributed by atoms with Gasteiger partial charge in [-0.1, -0.05) is 12.1 Å². The van der Waals surface area contributed by atoms with E-state index >= 15 is 0 Å². The van der Waals surface area contributed by atoms with Crippen molar-refractivity contribution in [1.29, 1.82) is 0 Å². The smallest absolute Gasteiger partial charge is 0.148 e. The normalized spacial score (nSPS) is 11.7. The van der Waals surface area contributed by atoms with Crippen LogP contribution in [0.3, 0.4) is 0 Å². The summed E-state index contributed by atoms with van der Waals surface area (Å²) in [5, 5.41) is 0. The molecule has 0 bridgehead atoms. The monoisotopic (exact) mass is 277 g/mol. The summed E-state index contributed by atoms with van der Waals surface area (Å²) < 4.78 is 35.0. The van der Waals surface area contributed by atoms with Crippen LogP contribution in [-0.2, 0) is 22.1 Å². The first-order chi connectivity index (χ1) is 7.92. The van der Waals surface area contributed by atoms with Gasteiger partial charge in [0, 0.05) is 29.9 Å². The first-order valence-electron chi connectivity index (χ1n) is 5.15. The van der Waals surface area contributed by atoms with Crippen molar-refractivity contribution < 1.29 is 12.8 Å². The Morgan fingerprint density at radius 2 is 2.12 bits per heavy atom. The van der Waals surface area contributed by atoms with Gasteiger partial charge in [0.15, 0.2) is 0 Å².